The molecule has 0 saturated carbocycles. The Hall–Kier alpha value is -2.06. The number of aromatic nitrogens is 1. The molecule has 0 aliphatic carbocycles. The number of alkyl halides is 3. The summed E-state index contributed by atoms with van der Waals surface area (Å²) < 4.78 is 36.7. The van der Waals surface area contributed by atoms with Crippen molar-refractivity contribution < 1.29 is 18.1 Å². The molecule has 118 valence electrons. The second-order valence-electron chi connectivity index (χ2n) is 4.51. The zero-order valence-corrected chi connectivity index (χ0v) is 11.8. The first-order chi connectivity index (χ1) is 9.74. The summed E-state index contributed by atoms with van der Waals surface area (Å²) in [6.45, 7) is 2.17. The minimum absolute atomic E-state index is 0.0784. The Morgan fingerprint density at radius 1 is 1.43 bits per heavy atom. The number of rotatable bonds is 7. The molecule has 0 aromatic carbocycles. The van der Waals surface area contributed by atoms with Gasteiger partial charge in [-0.15, -0.1) is 0 Å². The molecule has 9 heteroatoms. The summed E-state index contributed by atoms with van der Waals surface area (Å²) in [5.74, 6) is 0.321. The van der Waals surface area contributed by atoms with Gasteiger partial charge in [-0.05, 0) is 12.5 Å². The van der Waals surface area contributed by atoms with E-state index < -0.39 is 24.1 Å². The van der Waals surface area contributed by atoms with Crippen LogP contribution in [-0.2, 0) is 0 Å². The second kappa shape index (κ2) is 7.09. The summed E-state index contributed by atoms with van der Waals surface area (Å²) >= 11 is 0. The molecule has 0 bridgehead atoms. The van der Waals surface area contributed by atoms with Crippen molar-refractivity contribution in [1.82, 2.24) is 4.98 Å². The zero-order chi connectivity index (χ0) is 16.0. The molecule has 1 rings (SSSR count). The zero-order valence-electron chi connectivity index (χ0n) is 11.8. The molecule has 0 aliphatic rings. The first-order valence-electron chi connectivity index (χ1n) is 6.41. The van der Waals surface area contributed by atoms with E-state index in [9.17, 15) is 23.3 Å². The van der Waals surface area contributed by atoms with Crippen LogP contribution in [0.1, 0.15) is 19.8 Å². The molecule has 0 atom stereocenters. The summed E-state index contributed by atoms with van der Waals surface area (Å²) in [5.41, 5.74) is -0.318. The van der Waals surface area contributed by atoms with Gasteiger partial charge in [0.25, 0.3) is 0 Å². The van der Waals surface area contributed by atoms with Crippen LogP contribution in [0.2, 0.25) is 0 Å². The third kappa shape index (κ3) is 5.44. The van der Waals surface area contributed by atoms with Crippen molar-refractivity contribution in [2.45, 2.75) is 25.9 Å². The Bertz CT molecular complexity index is 494. The summed E-state index contributed by atoms with van der Waals surface area (Å²) in [6.07, 6.45) is -4.55. The number of pyridine rings is 1. The molecule has 0 radical (unpaired) electrons. The van der Waals surface area contributed by atoms with Crippen molar-refractivity contribution in [1.29, 1.82) is 0 Å². The number of anilines is 2. The summed E-state index contributed by atoms with van der Waals surface area (Å²) in [4.78, 5) is 15.5. The Labute approximate surface area is 120 Å². The smallest absolute Gasteiger partial charge is 0.370 e. The second-order valence-corrected chi connectivity index (χ2v) is 4.51. The molecule has 0 saturated heterocycles. The molecule has 0 unspecified atom stereocenters. The molecule has 0 aliphatic heterocycles. The monoisotopic (exact) mass is 306 g/mol. The maximum atomic E-state index is 12.2. The lowest BCUT2D eigenvalue weighted by atomic mass is 10.3. The molecular weight excluding hydrogens is 289 g/mol. The van der Waals surface area contributed by atoms with Crippen LogP contribution in [0.3, 0.4) is 0 Å². The van der Waals surface area contributed by atoms with E-state index in [0.717, 1.165) is 11.3 Å². The normalized spacial score (nSPS) is 11.3. The molecule has 0 amide bonds. The van der Waals surface area contributed by atoms with Gasteiger partial charge in [0.05, 0.1) is 11.3 Å². The number of hydrogen-bond donors (Lipinski definition) is 1. The fourth-order valence-electron chi connectivity index (χ4n) is 1.62. The molecule has 21 heavy (non-hydrogen) atoms. The van der Waals surface area contributed by atoms with Gasteiger partial charge in [0.1, 0.15) is 5.82 Å². The molecule has 1 N–H and O–H groups in total. The fourth-order valence-corrected chi connectivity index (χ4v) is 1.62. The molecule has 6 nitrogen and oxygen atoms in total. The van der Waals surface area contributed by atoms with Crippen molar-refractivity contribution in [2.75, 3.05) is 30.4 Å². The highest BCUT2D eigenvalue weighted by atomic mass is 19.4. The molecule has 1 aromatic rings. The number of halogens is 3. The average molecular weight is 306 g/mol. The van der Waals surface area contributed by atoms with Crippen molar-refractivity contribution in [3.8, 4) is 0 Å². The van der Waals surface area contributed by atoms with Gasteiger partial charge in [-0.3, -0.25) is 10.1 Å². The lowest BCUT2D eigenvalue weighted by molar-refractivity contribution is -0.384. The quantitative estimate of drug-likeness (QED) is 0.618. The van der Waals surface area contributed by atoms with Crippen molar-refractivity contribution in [2.24, 2.45) is 0 Å². The van der Waals surface area contributed by atoms with Crippen LogP contribution in [0.15, 0.2) is 12.1 Å². The number of nitrogens with zero attached hydrogens (tertiary/aromatic N) is 3. The van der Waals surface area contributed by atoms with Gasteiger partial charge in [0.2, 0.25) is 5.82 Å². The molecule has 0 fully saturated rings. The minimum Gasteiger partial charge on any atom is -0.370 e. The van der Waals surface area contributed by atoms with Crippen molar-refractivity contribution in [3.63, 3.8) is 0 Å². The summed E-state index contributed by atoms with van der Waals surface area (Å²) in [6, 6.07) is 2.68. The molecule has 1 heterocycles. The number of hydrogen-bond acceptors (Lipinski definition) is 5. The standard InChI is InChI=1S/C12H17F3N4O2/c1-3-7-16-10-5-4-9(19(20)21)11(17-10)18(2)8-6-12(13,14)15/h4-5H,3,6-8H2,1-2H3,(H,16,17). The fraction of sp³-hybridized carbons (Fsp3) is 0.583. The van der Waals surface area contributed by atoms with Crippen LogP contribution in [0.5, 0.6) is 0 Å². The first-order valence-corrected chi connectivity index (χ1v) is 6.41. The third-order valence-electron chi connectivity index (χ3n) is 2.70. The molecular formula is C12H17F3N4O2. The Morgan fingerprint density at radius 2 is 2.10 bits per heavy atom. The Kier molecular flexibility index (Phi) is 5.74. The highest BCUT2D eigenvalue weighted by molar-refractivity contribution is 5.61. The predicted octanol–water partition coefficient (Wildman–Crippen LogP) is 3.20. The lowest BCUT2D eigenvalue weighted by Gasteiger charge is -2.19. The van der Waals surface area contributed by atoms with Crippen LogP contribution in [-0.4, -0.2) is 36.2 Å². The van der Waals surface area contributed by atoms with Gasteiger partial charge in [-0.25, -0.2) is 4.98 Å². The van der Waals surface area contributed by atoms with E-state index in [0.29, 0.717) is 12.4 Å². The van der Waals surface area contributed by atoms with E-state index in [2.05, 4.69) is 10.3 Å². The molecule has 1 aromatic heterocycles. The highest BCUT2D eigenvalue weighted by Gasteiger charge is 2.29. The van der Waals surface area contributed by atoms with Gasteiger partial charge >= 0.3 is 11.9 Å². The van der Waals surface area contributed by atoms with Crippen LogP contribution in [0.25, 0.3) is 0 Å². The largest absolute Gasteiger partial charge is 0.390 e. The van der Waals surface area contributed by atoms with E-state index in [1.54, 1.807) is 0 Å². The van der Waals surface area contributed by atoms with Gasteiger partial charge < -0.3 is 10.2 Å². The lowest BCUT2D eigenvalue weighted by Crippen LogP contribution is -2.25. The average Bonchev–Trinajstić information content (AvgIpc) is 2.41. The maximum Gasteiger partial charge on any atom is 0.390 e. The van der Waals surface area contributed by atoms with Gasteiger partial charge in [0.15, 0.2) is 0 Å². The van der Waals surface area contributed by atoms with E-state index in [4.69, 9.17) is 0 Å². The molecule has 0 spiro atoms. The summed E-state index contributed by atoms with van der Waals surface area (Å²) in [5, 5.41) is 13.9. The minimum atomic E-state index is -4.32. The van der Waals surface area contributed by atoms with Crippen molar-refractivity contribution >= 4 is 17.3 Å². The Balaban J connectivity index is 2.96. The van der Waals surface area contributed by atoms with E-state index in [1.165, 1.54) is 19.2 Å². The van der Waals surface area contributed by atoms with Gasteiger partial charge in [0, 0.05) is 26.2 Å². The number of nitrogens with one attached hydrogen (secondary N) is 1. The van der Waals surface area contributed by atoms with Crippen LogP contribution < -0.4 is 10.2 Å². The summed E-state index contributed by atoms with van der Waals surface area (Å²) in [7, 11) is 1.35. The van der Waals surface area contributed by atoms with Crippen LogP contribution in [0, 0.1) is 10.1 Å². The maximum absolute atomic E-state index is 12.2. The van der Waals surface area contributed by atoms with Gasteiger partial charge in [-0.2, -0.15) is 13.2 Å². The predicted molar refractivity (Wildman–Crippen MR) is 73.6 cm³/mol. The highest BCUT2D eigenvalue weighted by Crippen LogP contribution is 2.28. The van der Waals surface area contributed by atoms with E-state index in [1.807, 2.05) is 6.92 Å². The van der Waals surface area contributed by atoms with Crippen LogP contribution >= 0.6 is 0 Å². The SMILES string of the molecule is CCCNc1ccc([N+](=O)[O-])c(N(C)CCC(F)(F)F)n1. The van der Waals surface area contributed by atoms with Gasteiger partial charge in [-0.1, -0.05) is 6.92 Å². The topological polar surface area (TPSA) is 71.3 Å². The van der Waals surface area contributed by atoms with Crippen molar-refractivity contribution in [3.05, 3.63) is 22.2 Å². The van der Waals surface area contributed by atoms with E-state index >= 15 is 0 Å². The first kappa shape index (κ1) is 17.0. The van der Waals surface area contributed by atoms with Crippen LogP contribution in [0.4, 0.5) is 30.5 Å². The number of nitro groups is 1. The Morgan fingerprint density at radius 3 is 2.62 bits per heavy atom. The van der Waals surface area contributed by atoms with E-state index in [-0.39, 0.29) is 11.5 Å². The third-order valence-corrected chi connectivity index (χ3v) is 2.70.